The number of carbonyl (C=O) groups is 1. The van der Waals surface area contributed by atoms with Gasteiger partial charge >= 0.3 is 0 Å². The third-order valence-corrected chi connectivity index (χ3v) is 4.26. The van der Waals surface area contributed by atoms with Crippen LogP contribution in [0, 0.1) is 12.7 Å². The van der Waals surface area contributed by atoms with Crippen molar-refractivity contribution in [3.8, 4) is 22.9 Å². The van der Waals surface area contributed by atoms with Gasteiger partial charge in [0.25, 0.3) is 5.91 Å². The number of halogens is 1. The third-order valence-electron chi connectivity index (χ3n) is 4.26. The largest absolute Gasteiger partial charge is 0.493 e. The predicted molar refractivity (Wildman–Crippen MR) is 102 cm³/mol. The van der Waals surface area contributed by atoms with Crippen LogP contribution in [0.3, 0.4) is 0 Å². The number of methoxy groups -OCH3 is 3. The summed E-state index contributed by atoms with van der Waals surface area (Å²) < 4.78 is 31.3. The van der Waals surface area contributed by atoms with Crippen molar-refractivity contribution < 1.29 is 23.4 Å². The lowest BCUT2D eigenvalue weighted by atomic mass is 10.2. The molecule has 1 aromatic heterocycles. The zero-order valence-corrected chi connectivity index (χ0v) is 15.9. The number of amides is 1. The van der Waals surface area contributed by atoms with Crippen LogP contribution in [0.25, 0.3) is 5.69 Å². The molecule has 0 spiro atoms. The van der Waals surface area contributed by atoms with Crippen LogP contribution in [-0.2, 0) is 0 Å². The maximum absolute atomic E-state index is 14.0. The number of anilines is 1. The first-order valence-electron chi connectivity index (χ1n) is 8.41. The predicted octanol–water partition coefficient (Wildman–Crippen LogP) is 3.60. The molecule has 7 nitrogen and oxygen atoms in total. The van der Waals surface area contributed by atoms with Crippen LogP contribution in [0.15, 0.2) is 42.6 Å². The molecule has 0 radical (unpaired) electrons. The van der Waals surface area contributed by atoms with Gasteiger partial charge in [0.15, 0.2) is 11.5 Å². The number of hydrogen-bond donors (Lipinski definition) is 1. The fourth-order valence-electron chi connectivity index (χ4n) is 2.85. The fourth-order valence-corrected chi connectivity index (χ4v) is 2.85. The smallest absolute Gasteiger partial charge is 0.259 e. The van der Waals surface area contributed by atoms with E-state index >= 15 is 0 Å². The molecule has 0 saturated heterocycles. The van der Waals surface area contributed by atoms with E-state index in [1.807, 2.05) is 0 Å². The molecule has 1 N–H and O–H groups in total. The maximum Gasteiger partial charge on any atom is 0.259 e. The number of benzene rings is 2. The van der Waals surface area contributed by atoms with Crippen molar-refractivity contribution >= 4 is 11.6 Å². The molecule has 3 aromatic rings. The quantitative estimate of drug-likeness (QED) is 0.702. The second-order valence-electron chi connectivity index (χ2n) is 5.88. The minimum absolute atomic E-state index is 0.270. The van der Waals surface area contributed by atoms with E-state index in [-0.39, 0.29) is 5.69 Å². The zero-order chi connectivity index (χ0) is 20.3. The molecule has 0 fully saturated rings. The second kappa shape index (κ2) is 7.99. The SMILES string of the molecule is COc1cc(NC(=O)c2cnn(-c3ccccc3F)c2C)cc(OC)c1OC. The Bertz CT molecular complexity index is 991. The Balaban J connectivity index is 1.92. The van der Waals surface area contributed by atoms with Gasteiger partial charge in [0.1, 0.15) is 11.5 Å². The highest BCUT2D eigenvalue weighted by Crippen LogP contribution is 2.40. The van der Waals surface area contributed by atoms with Gasteiger partial charge in [0, 0.05) is 17.8 Å². The number of rotatable bonds is 6. The summed E-state index contributed by atoms with van der Waals surface area (Å²) in [6, 6.07) is 9.47. The molecule has 0 aliphatic heterocycles. The van der Waals surface area contributed by atoms with E-state index in [0.717, 1.165) is 0 Å². The second-order valence-corrected chi connectivity index (χ2v) is 5.88. The molecule has 1 heterocycles. The Hall–Kier alpha value is -3.55. The van der Waals surface area contributed by atoms with Gasteiger partial charge < -0.3 is 19.5 Å². The van der Waals surface area contributed by atoms with Crippen LogP contribution >= 0.6 is 0 Å². The van der Waals surface area contributed by atoms with Crippen molar-refractivity contribution in [2.24, 2.45) is 0 Å². The summed E-state index contributed by atoms with van der Waals surface area (Å²) in [7, 11) is 4.48. The first kappa shape index (κ1) is 19.2. The van der Waals surface area contributed by atoms with Gasteiger partial charge in [-0.2, -0.15) is 5.10 Å². The zero-order valence-electron chi connectivity index (χ0n) is 15.9. The Morgan fingerprint density at radius 1 is 1.07 bits per heavy atom. The summed E-state index contributed by atoms with van der Waals surface area (Å²) in [5.41, 5.74) is 1.55. The van der Waals surface area contributed by atoms with Crippen molar-refractivity contribution in [1.29, 1.82) is 0 Å². The summed E-state index contributed by atoms with van der Waals surface area (Å²) in [4.78, 5) is 12.7. The molecule has 0 aliphatic carbocycles. The minimum Gasteiger partial charge on any atom is -0.493 e. The number of para-hydroxylation sites is 1. The Morgan fingerprint density at radius 2 is 1.71 bits per heavy atom. The van der Waals surface area contributed by atoms with Gasteiger partial charge in [0.2, 0.25) is 5.75 Å². The summed E-state index contributed by atoms with van der Waals surface area (Å²) in [5.74, 6) is 0.429. The standard InChI is InChI=1S/C20H20FN3O4/c1-12-14(11-22-24(12)16-8-6-5-7-15(16)21)20(25)23-13-9-17(26-2)19(28-4)18(10-13)27-3/h5-11H,1-4H3,(H,23,25). The molecular formula is C20H20FN3O4. The third kappa shape index (κ3) is 3.48. The van der Waals surface area contributed by atoms with Gasteiger partial charge in [-0.15, -0.1) is 0 Å². The molecule has 1 amide bonds. The Morgan fingerprint density at radius 3 is 2.29 bits per heavy atom. The number of ether oxygens (including phenoxy) is 3. The van der Waals surface area contributed by atoms with E-state index in [1.165, 1.54) is 38.3 Å². The minimum atomic E-state index is -0.426. The van der Waals surface area contributed by atoms with Gasteiger partial charge in [0.05, 0.1) is 38.8 Å². The van der Waals surface area contributed by atoms with Crippen molar-refractivity contribution in [2.75, 3.05) is 26.6 Å². The molecule has 146 valence electrons. The van der Waals surface area contributed by atoms with Crippen LogP contribution in [0.5, 0.6) is 17.2 Å². The first-order chi connectivity index (χ1) is 13.5. The highest BCUT2D eigenvalue weighted by Gasteiger charge is 2.19. The van der Waals surface area contributed by atoms with E-state index in [4.69, 9.17) is 14.2 Å². The average Bonchev–Trinajstić information content (AvgIpc) is 3.08. The lowest BCUT2D eigenvalue weighted by Gasteiger charge is -2.14. The summed E-state index contributed by atoms with van der Waals surface area (Å²) >= 11 is 0. The highest BCUT2D eigenvalue weighted by atomic mass is 19.1. The Kier molecular flexibility index (Phi) is 5.49. The van der Waals surface area contributed by atoms with Gasteiger partial charge in [-0.05, 0) is 19.1 Å². The molecular weight excluding hydrogens is 365 g/mol. The molecule has 0 saturated carbocycles. The maximum atomic E-state index is 14.0. The molecule has 0 unspecified atom stereocenters. The van der Waals surface area contributed by atoms with E-state index in [9.17, 15) is 9.18 Å². The molecule has 3 rings (SSSR count). The topological polar surface area (TPSA) is 74.6 Å². The van der Waals surface area contributed by atoms with Crippen LogP contribution < -0.4 is 19.5 Å². The normalized spacial score (nSPS) is 10.5. The average molecular weight is 385 g/mol. The van der Waals surface area contributed by atoms with Crippen LogP contribution in [0.1, 0.15) is 16.1 Å². The van der Waals surface area contributed by atoms with Crippen LogP contribution in [-0.4, -0.2) is 37.0 Å². The van der Waals surface area contributed by atoms with Crippen LogP contribution in [0.4, 0.5) is 10.1 Å². The van der Waals surface area contributed by atoms with Crippen molar-refractivity contribution in [3.05, 3.63) is 59.7 Å². The first-order valence-corrected chi connectivity index (χ1v) is 8.41. The lowest BCUT2D eigenvalue weighted by Crippen LogP contribution is -2.13. The van der Waals surface area contributed by atoms with E-state index in [2.05, 4.69) is 10.4 Å². The van der Waals surface area contributed by atoms with E-state index in [0.29, 0.717) is 34.2 Å². The molecule has 0 aliphatic rings. The number of aromatic nitrogens is 2. The van der Waals surface area contributed by atoms with Crippen molar-refractivity contribution in [1.82, 2.24) is 9.78 Å². The fraction of sp³-hybridized carbons (Fsp3) is 0.200. The van der Waals surface area contributed by atoms with Crippen LogP contribution in [0.2, 0.25) is 0 Å². The lowest BCUT2D eigenvalue weighted by molar-refractivity contribution is 0.102. The molecule has 0 bridgehead atoms. The number of hydrogen-bond acceptors (Lipinski definition) is 5. The Labute approximate surface area is 161 Å². The molecule has 8 heteroatoms. The highest BCUT2D eigenvalue weighted by molar-refractivity contribution is 6.05. The van der Waals surface area contributed by atoms with E-state index in [1.54, 1.807) is 37.3 Å². The summed E-state index contributed by atoms with van der Waals surface area (Å²) in [6.45, 7) is 1.70. The molecule has 2 aromatic carbocycles. The molecule has 0 atom stereocenters. The summed E-state index contributed by atoms with van der Waals surface area (Å²) in [6.07, 6.45) is 1.40. The number of nitrogens with zero attached hydrogens (tertiary/aromatic N) is 2. The van der Waals surface area contributed by atoms with Crippen molar-refractivity contribution in [2.45, 2.75) is 6.92 Å². The summed E-state index contributed by atoms with van der Waals surface area (Å²) in [5, 5.41) is 6.93. The number of carbonyl (C=O) groups excluding carboxylic acids is 1. The van der Waals surface area contributed by atoms with Gasteiger partial charge in [-0.25, -0.2) is 9.07 Å². The van der Waals surface area contributed by atoms with E-state index < -0.39 is 11.7 Å². The van der Waals surface area contributed by atoms with Gasteiger partial charge in [-0.1, -0.05) is 12.1 Å². The molecule has 28 heavy (non-hydrogen) atoms. The van der Waals surface area contributed by atoms with Crippen molar-refractivity contribution in [3.63, 3.8) is 0 Å². The monoisotopic (exact) mass is 385 g/mol. The number of nitrogens with one attached hydrogen (secondary N) is 1. The van der Waals surface area contributed by atoms with Gasteiger partial charge in [-0.3, -0.25) is 4.79 Å².